The van der Waals surface area contributed by atoms with E-state index in [4.69, 9.17) is 23.2 Å². The average molecular weight is 510 g/mol. The van der Waals surface area contributed by atoms with E-state index in [1.165, 1.54) is 23.2 Å². The van der Waals surface area contributed by atoms with Crippen molar-refractivity contribution in [2.24, 2.45) is 0 Å². The lowest BCUT2D eigenvalue weighted by Crippen LogP contribution is -2.41. The molecule has 4 rings (SSSR count). The third-order valence-electron chi connectivity index (χ3n) is 5.32. The molecule has 34 heavy (non-hydrogen) atoms. The van der Waals surface area contributed by atoms with Crippen LogP contribution in [0.3, 0.4) is 0 Å². The van der Waals surface area contributed by atoms with Gasteiger partial charge < -0.3 is 10.6 Å². The maximum Gasteiger partial charge on any atom is 0.334 e. The highest BCUT2D eigenvalue weighted by atomic mass is 35.5. The zero-order chi connectivity index (χ0) is 24.6. The van der Waals surface area contributed by atoms with Crippen molar-refractivity contribution < 1.29 is 18.0 Å². The minimum atomic E-state index is -1.01. The number of anilines is 4. The van der Waals surface area contributed by atoms with Crippen molar-refractivity contribution >= 4 is 52.1 Å². The molecule has 0 fully saturated rings. The number of pyridine rings is 1. The Balaban J connectivity index is 1.98. The number of nitrogens with one attached hydrogen (secondary N) is 2. The van der Waals surface area contributed by atoms with Gasteiger partial charge in [-0.2, -0.15) is 0 Å². The van der Waals surface area contributed by atoms with Crippen LogP contribution in [0, 0.1) is 17.5 Å². The molecule has 0 saturated heterocycles. The van der Waals surface area contributed by atoms with E-state index in [0.29, 0.717) is 13.1 Å². The number of hydrogen-bond acceptors (Lipinski definition) is 4. The summed E-state index contributed by atoms with van der Waals surface area (Å²) in [5.41, 5.74) is -0.512. The molecule has 2 aromatic carbocycles. The van der Waals surface area contributed by atoms with Gasteiger partial charge in [0.25, 0.3) is 0 Å². The van der Waals surface area contributed by atoms with Crippen LogP contribution in [0.4, 0.5) is 40.8 Å². The van der Waals surface area contributed by atoms with Crippen LogP contribution in [0.2, 0.25) is 10.0 Å². The molecule has 0 unspecified atom stereocenters. The van der Waals surface area contributed by atoms with Crippen LogP contribution in [0.15, 0.2) is 36.5 Å². The number of aromatic nitrogens is 1. The van der Waals surface area contributed by atoms with Gasteiger partial charge in [-0.25, -0.2) is 22.9 Å². The zero-order valence-corrected chi connectivity index (χ0v) is 19.7. The molecule has 2 amide bonds. The fraction of sp³-hybridized carbons (Fsp3) is 0.217. The molecular formula is C23H20Cl2F3N5O. The molecule has 0 saturated carbocycles. The molecule has 0 spiro atoms. The molecule has 0 aliphatic carbocycles. The van der Waals surface area contributed by atoms with Crippen LogP contribution in [-0.2, 0) is 0 Å². The summed E-state index contributed by atoms with van der Waals surface area (Å²) < 4.78 is 46.0. The molecule has 6 nitrogen and oxygen atoms in total. The highest BCUT2D eigenvalue weighted by Gasteiger charge is 2.37. The lowest BCUT2D eigenvalue weighted by Gasteiger charge is -2.28. The van der Waals surface area contributed by atoms with E-state index in [-0.39, 0.29) is 44.9 Å². The van der Waals surface area contributed by atoms with E-state index in [0.717, 1.165) is 23.1 Å². The van der Waals surface area contributed by atoms with Gasteiger partial charge in [-0.1, -0.05) is 23.2 Å². The number of nitrogens with zero attached hydrogens (tertiary/aromatic N) is 3. The normalized spacial score (nSPS) is 13.0. The van der Waals surface area contributed by atoms with E-state index < -0.39 is 29.2 Å². The van der Waals surface area contributed by atoms with Crippen LogP contribution in [0.25, 0.3) is 11.1 Å². The largest absolute Gasteiger partial charge is 0.384 e. The number of urea groups is 1. The number of likely N-dealkylation sites (N-methyl/N-ethyl adjacent to an activating group) is 1. The molecule has 11 heteroatoms. The molecule has 1 aliphatic heterocycles. The first-order chi connectivity index (χ1) is 16.3. The van der Waals surface area contributed by atoms with E-state index in [2.05, 4.69) is 15.6 Å². The monoisotopic (exact) mass is 509 g/mol. The molecule has 0 radical (unpaired) electrons. The molecule has 2 heterocycles. The Hall–Kier alpha value is -3.01. The fourth-order valence-electron chi connectivity index (χ4n) is 3.86. The van der Waals surface area contributed by atoms with Gasteiger partial charge in [-0.05, 0) is 44.3 Å². The molecule has 1 aromatic heterocycles. The number of benzene rings is 2. The highest BCUT2D eigenvalue weighted by Crippen LogP contribution is 2.47. The zero-order valence-electron chi connectivity index (χ0n) is 18.2. The Bertz CT molecular complexity index is 1250. The maximum absolute atomic E-state index is 15.4. The van der Waals surface area contributed by atoms with Gasteiger partial charge in [0.05, 0.1) is 10.7 Å². The Kier molecular flexibility index (Phi) is 6.88. The second-order valence-corrected chi connectivity index (χ2v) is 8.36. The average Bonchev–Trinajstić information content (AvgIpc) is 2.86. The first-order valence-corrected chi connectivity index (χ1v) is 11.2. The minimum absolute atomic E-state index is 0.0540. The van der Waals surface area contributed by atoms with E-state index >= 15 is 13.2 Å². The van der Waals surface area contributed by atoms with Crippen molar-refractivity contribution in [2.45, 2.75) is 6.92 Å². The summed E-state index contributed by atoms with van der Waals surface area (Å²) in [5, 5.41) is 5.96. The Labute approximate surface area is 204 Å². The summed E-state index contributed by atoms with van der Waals surface area (Å²) in [6, 6.07) is 5.10. The van der Waals surface area contributed by atoms with Crippen LogP contribution in [-0.4, -0.2) is 37.7 Å². The van der Waals surface area contributed by atoms with Gasteiger partial charge >= 0.3 is 6.03 Å². The minimum Gasteiger partial charge on any atom is -0.384 e. The smallest absolute Gasteiger partial charge is 0.334 e. The second kappa shape index (κ2) is 9.69. The first kappa shape index (κ1) is 24.1. The van der Waals surface area contributed by atoms with Crippen molar-refractivity contribution in [3.8, 4) is 11.1 Å². The maximum atomic E-state index is 15.4. The SMILES string of the molecule is CCN1C(=O)N(c2c(F)cc(NCCNC)cc2F)c2cc(Cl)cc(F)c2-c2cc(Cl)cnc21. The molecule has 0 atom stereocenters. The van der Waals surface area contributed by atoms with Crippen LogP contribution in [0.5, 0.6) is 0 Å². The summed E-state index contributed by atoms with van der Waals surface area (Å²) in [6.45, 7) is 2.75. The molecule has 1 aliphatic rings. The second-order valence-electron chi connectivity index (χ2n) is 7.49. The van der Waals surface area contributed by atoms with Gasteiger partial charge in [-0.15, -0.1) is 0 Å². The lowest BCUT2D eigenvalue weighted by molar-refractivity contribution is 0.253. The molecule has 0 bridgehead atoms. The van der Waals surface area contributed by atoms with E-state index in [1.807, 2.05) is 0 Å². The molecule has 178 valence electrons. The Morgan fingerprint density at radius 1 is 0.971 bits per heavy atom. The summed E-state index contributed by atoms with van der Waals surface area (Å²) in [4.78, 5) is 19.9. The van der Waals surface area contributed by atoms with Crippen molar-refractivity contribution in [1.29, 1.82) is 0 Å². The number of fused-ring (bicyclic) bond motifs is 3. The summed E-state index contributed by atoms with van der Waals surface area (Å²) in [6.07, 6.45) is 1.31. The topological polar surface area (TPSA) is 60.5 Å². The van der Waals surface area contributed by atoms with Gasteiger partial charge in [0, 0.05) is 47.7 Å². The predicted molar refractivity (Wildman–Crippen MR) is 129 cm³/mol. The van der Waals surface area contributed by atoms with Crippen molar-refractivity contribution in [3.63, 3.8) is 0 Å². The third kappa shape index (κ3) is 4.26. The third-order valence-corrected chi connectivity index (χ3v) is 5.74. The fourth-order valence-corrected chi connectivity index (χ4v) is 4.22. The quantitative estimate of drug-likeness (QED) is 0.388. The van der Waals surface area contributed by atoms with Crippen molar-refractivity contribution in [3.05, 3.63) is 64.0 Å². The number of rotatable bonds is 6. The van der Waals surface area contributed by atoms with E-state index in [1.54, 1.807) is 14.0 Å². The van der Waals surface area contributed by atoms with Crippen LogP contribution < -0.4 is 20.4 Å². The highest BCUT2D eigenvalue weighted by molar-refractivity contribution is 6.32. The van der Waals surface area contributed by atoms with Gasteiger partial charge in [0.15, 0.2) is 11.6 Å². The Morgan fingerprint density at radius 2 is 1.68 bits per heavy atom. The number of hydrogen-bond donors (Lipinski definition) is 2. The summed E-state index contributed by atoms with van der Waals surface area (Å²) in [7, 11) is 1.75. The number of carbonyl (C=O) groups excluding carboxylic acids is 1. The summed E-state index contributed by atoms with van der Waals surface area (Å²) >= 11 is 12.2. The van der Waals surface area contributed by atoms with Crippen molar-refractivity contribution in [1.82, 2.24) is 10.3 Å². The predicted octanol–water partition coefficient (Wildman–Crippen LogP) is 6.20. The molecule has 3 aromatic rings. The van der Waals surface area contributed by atoms with Crippen LogP contribution in [0.1, 0.15) is 6.92 Å². The first-order valence-electron chi connectivity index (χ1n) is 10.4. The van der Waals surface area contributed by atoms with Crippen LogP contribution >= 0.6 is 23.2 Å². The van der Waals surface area contributed by atoms with Gasteiger partial charge in [0.1, 0.15) is 17.3 Å². The van der Waals surface area contributed by atoms with E-state index in [9.17, 15) is 4.79 Å². The van der Waals surface area contributed by atoms with Gasteiger partial charge in [-0.3, -0.25) is 9.80 Å². The number of halogens is 5. The lowest BCUT2D eigenvalue weighted by atomic mass is 10.0. The summed E-state index contributed by atoms with van der Waals surface area (Å²) in [5.74, 6) is -2.72. The molecular weight excluding hydrogens is 490 g/mol. The number of carbonyl (C=O) groups is 1. The standard InChI is InChI=1S/C23H20Cl2F3N5O/c1-3-32-22-15(6-13(25)11-31-22)20-16(26)7-12(24)8-19(20)33(23(32)34)21-17(27)9-14(10-18(21)28)30-5-4-29-2/h6-11,29-30H,3-5H2,1-2H3. The Morgan fingerprint density at radius 3 is 2.32 bits per heavy atom. The van der Waals surface area contributed by atoms with Crippen molar-refractivity contribution in [2.75, 3.05) is 41.8 Å². The number of amides is 2. The molecule has 2 N–H and O–H groups in total. The van der Waals surface area contributed by atoms with Gasteiger partial charge in [0.2, 0.25) is 0 Å².